The van der Waals surface area contributed by atoms with Crippen LogP contribution in [0.25, 0.3) is 0 Å². The minimum atomic E-state index is -0.413. The monoisotopic (exact) mass is 391 g/mol. The molecule has 0 aliphatic rings. The van der Waals surface area contributed by atoms with Crippen molar-refractivity contribution in [3.63, 3.8) is 0 Å². The Morgan fingerprint density at radius 3 is 2.48 bits per heavy atom. The third-order valence-corrected chi connectivity index (χ3v) is 3.71. The maximum absolute atomic E-state index is 13.6. The lowest BCUT2D eigenvalue weighted by Gasteiger charge is -2.15. The fraction of sp³-hybridized carbons (Fsp3) is 0.263. The van der Waals surface area contributed by atoms with E-state index in [4.69, 9.17) is 21.7 Å². The van der Waals surface area contributed by atoms with Crippen molar-refractivity contribution in [2.45, 2.75) is 26.9 Å². The van der Waals surface area contributed by atoms with Crippen molar-refractivity contribution < 1.29 is 18.7 Å². The number of ether oxygens (including phenoxy) is 2. The van der Waals surface area contributed by atoms with Crippen molar-refractivity contribution >= 4 is 28.9 Å². The van der Waals surface area contributed by atoms with Gasteiger partial charge < -0.3 is 14.8 Å². The van der Waals surface area contributed by atoms with Crippen LogP contribution in [0, 0.1) is 12.7 Å². The molecule has 6 nitrogen and oxygen atoms in total. The van der Waals surface area contributed by atoms with Crippen LogP contribution in [-0.2, 0) is 0 Å². The summed E-state index contributed by atoms with van der Waals surface area (Å²) < 4.78 is 24.4. The first-order chi connectivity index (χ1) is 12.8. The molecule has 2 aromatic rings. The van der Waals surface area contributed by atoms with E-state index in [1.54, 1.807) is 37.3 Å². The lowest BCUT2D eigenvalue weighted by Crippen LogP contribution is -2.43. The molecule has 3 N–H and O–H groups in total. The van der Waals surface area contributed by atoms with E-state index in [1.165, 1.54) is 13.2 Å². The fourth-order valence-electron chi connectivity index (χ4n) is 2.18. The van der Waals surface area contributed by atoms with E-state index in [9.17, 15) is 9.18 Å². The zero-order valence-electron chi connectivity index (χ0n) is 15.6. The summed E-state index contributed by atoms with van der Waals surface area (Å²) in [5, 5.41) is 2.91. The Bertz CT molecular complexity index is 843. The van der Waals surface area contributed by atoms with Crippen LogP contribution in [0.3, 0.4) is 0 Å². The van der Waals surface area contributed by atoms with Crippen molar-refractivity contribution in [2.75, 3.05) is 12.4 Å². The summed E-state index contributed by atoms with van der Waals surface area (Å²) >= 11 is 5.09. The highest BCUT2D eigenvalue weighted by Gasteiger charge is 2.12. The van der Waals surface area contributed by atoms with E-state index in [-0.39, 0.29) is 17.0 Å². The summed E-state index contributed by atoms with van der Waals surface area (Å²) in [5.74, 6) is 0.244. The van der Waals surface area contributed by atoms with Gasteiger partial charge in [0, 0.05) is 11.3 Å². The number of hydrogen-bond acceptors (Lipinski definition) is 4. The van der Waals surface area contributed by atoms with Crippen LogP contribution < -0.4 is 25.6 Å². The Morgan fingerprint density at radius 2 is 1.85 bits per heavy atom. The maximum Gasteiger partial charge on any atom is 0.269 e. The van der Waals surface area contributed by atoms with Crippen LogP contribution >= 0.6 is 12.2 Å². The van der Waals surface area contributed by atoms with Gasteiger partial charge in [-0.1, -0.05) is 6.07 Å². The van der Waals surface area contributed by atoms with Gasteiger partial charge in [0.05, 0.1) is 13.2 Å². The number of hydrazine groups is 1. The molecule has 2 aromatic carbocycles. The molecule has 0 heterocycles. The van der Waals surface area contributed by atoms with E-state index in [1.807, 2.05) is 13.8 Å². The fourth-order valence-corrected chi connectivity index (χ4v) is 2.35. The number of anilines is 1. The van der Waals surface area contributed by atoms with Crippen molar-refractivity contribution in [1.29, 1.82) is 0 Å². The van der Waals surface area contributed by atoms with Crippen LogP contribution in [-0.4, -0.2) is 24.2 Å². The van der Waals surface area contributed by atoms with E-state index < -0.39 is 5.91 Å². The summed E-state index contributed by atoms with van der Waals surface area (Å²) in [7, 11) is 1.50. The van der Waals surface area contributed by atoms with Gasteiger partial charge in [-0.05, 0) is 68.9 Å². The van der Waals surface area contributed by atoms with Crippen LogP contribution in [0.4, 0.5) is 10.1 Å². The number of nitrogens with one attached hydrogen (secondary N) is 3. The smallest absolute Gasteiger partial charge is 0.269 e. The molecule has 0 fully saturated rings. The van der Waals surface area contributed by atoms with Gasteiger partial charge in [-0.25, -0.2) is 4.39 Å². The maximum atomic E-state index is 13.6. The lowest BCUT2D eigenvalue weighted by molar-refractivity contribution is 0.0943. The average molecular weight is 391 g/mol. The summed E-state index contributed by atoms with van der Waals surface area (Å²) in [4.78, 5) is 12.3. The van der Waals surface area contributed by atoms with Gasteiger partial charge in [-0.15, -0.1) is 0 Å². The molecule has 0 saturated carbocycles. The van der Waals surface area contributed by atoms with Crippen molar-refractivity contribution in [3.8, 4) is 11.5 Å². The zero-order chi connectivity index (χ0) is 20.0. The number of thiocarbonyl (C=S) groups is 1. The molecule has 2 rings (SSSR count). The zero-order valence-corrected chi connectivity index (χ0v) is 16.4. The quantitative estimate of drug-likeness (QED) is 0.535. The van der Waals surface area contributed by atoms with Gasteiger partial charge in [0.25, 0.3) is 5.91 Å². The molecule has 0 saturated heterocycles. The van der Waals surface area contributed by atoms with Gasteiger partial charge in [-0.2, -0.15) is 0 Å². The Labute approximate surface area is 163 Å². The molecule has 0 atom stereocenters. The second-order valence-electron chi connectivity index (χ2n) is 6.03. The predicted molar refractivity (Wildman–Crippen MR) is 107 cm³/mol. The number of hydrogen-bond donors (Lipinski definition) is 3. The number of benzene rings is 2. The SMILES string of the molecule is COc1cc(C(=O)NNC(=S)Nc2ccc(C)c(F)c2)ccc1OC(C)C. The molecule has 0 unspecified atom stereocenters. The number of amides is 1. The third kappa shape index (κ3) is 5.82. The van der Waals surface area contributed by atoms with Crippen molar-refractivity contribution in [1.82, 2.24) is 10.9 Å². The van der Waals surface area contributed by atoms with Gasteiger partial charge in [0.2, 0.25) is 0 Å². The Kier molecular flexibility index (Phi) is 6.95. The number of halogens is 1. The first kappa shape index (κ1) is 20.4. The average Bonchev–Trinajstić information content (AvgIpc) is 2.62. The topological polar surface area (TPSA) is 71.6 Å². The van der Waals surface area contributed by atoms with Crippen LogP contribution in [0.1, 0.15) is 29.8 Å². The van der Waals surface area contributed by atoms with E-state index in [2.05, 4.69) is 16.2 Å². The molecule has 0 bridgehead atoms. The second-order valence-corrected chi connectivity index (χ2v) is 6.44. The minimum Gasteiger partial charge on any atom is -0.493 e. The number of aryl methyl sites for hydroxylation is 1. The highest BCUT2D eigenvalue weighted by atomic mass is 32.1. The molecule has 1 amide bonds. The Balaban J connectivity index is 1.96. The lowest BCUT2D eigenvalue weighted by atomic mass is 10.2. The van der Waals surface area contributed by atoms with Gasteiger partial charge >= 0.3 is 0 Å². The number of carbonyl (C=O) groups excluding carboxylic acids is 1. The van der Waals surface area contributed by atoms with Gasteiger partial charge in [-0.3, -0.25) is 15.6 Å². The molecule has 27 heavy (non-hydrogen) atoms. The molecule has 0 radical (unpaired) electrons. The molecule has 144 valence electrons. The molecular formula is C19H22FN3O3S. The Morgan fingerprint density at radius 1 is 1.11 bits per heavy atom. The van der Waals surface area contributed by atoms with Gasteiger partial charge in [0.1, 0.15) is 5.82 Å². The molecule has 0 aliphatic carbocycles. The van der Waals surface area contributed by atoms with E-state index in [0.29, 0.717) is 28.3 Å². The second kappa shape index (κ2) is 9.18. The first-order valence-corrected chi connectivity index (χ1v) is 8.69. The highest BCUT2D eigenvalue weighted by molar-refractivity contribution is 7.80. The normalized spacial score (nSPS) is 10.3. The predicted octanol–water partition coefficient (Wildman–Crippen LogP) is 3.56. The summed E-state index contributed by atoms with van der Waals surface area (Å²) in [6.07, 6.45) is -0.0182. The van der Waals surface area contributed by atoms with E-state index in [0.717, 1.165) is 0 Å². The van der Waals surface area contributed by atoms with Crippen LogP contribution in [0.15, 0.2) is 36.4 Å². The van der Waals surface area contributed by atoms with Crippen LogP contribution in [0.2, 0.25) is 0 Å². The van der Waals surface area contributed by atoms with E-state index >= 15 is 0 Å². The third-order valence-electron chi connectivity index (χ3n) is 3.51. The largest absolute Gasteiger partial charge is 0.493 e. The molecule has 0 aromatic heterocycles. The van der Waals surface area contributed by atoms with Crippen LogP contribution in [0.5, 0.6) is 11.5 Å². The molecule has 8 heteroatoms. The number of rotatable bonds is 5. The molecular weight excluding hydrogens is 369 g/mol. The van der Waals surface area contributed by atoms with Crippen molar-refractivity contribution in [3.05, 3.63) is 53.3 Å². The first-order valence-electron chi connectivity index (χ1n) is 8.28. The van der Waals surface area contributed by atoms with Crippen molar-refractivity contribution in [2.24, 2.45) is 0 Å². The minimum absolute atomic E-state index is 0.0182. The summed E-state index contributed by atoms with van der Waals surface area (Å²) in [6, 6.07) is 9.49. The molecule has 0 aliphatic heterocycles. The summed E-state index contributed by atoms with van der Waals surface area (Å²) in [6.45, 7) is 5.47. The molecule has 0 spiro atoms. The highest BCUT2D eigenvalue weighted by Crippen LogP contribution is 2.28. The standard InChI is InChI=1S/C19H22FN3O3S/c1-11(2)26-16-8-6-13(9-17(16)25-4)18(24)22-23-19(27)21-14-7-5-12(3)15(20)10-14/h5-11H,1-4H3,(H,22,24)(H2,21,23,27). The number of methoxy groups -OCH3 is 1. The number of carbonyl (C=O) groups is 1. The van der Waals surface area contributed by atoms with Gasteiger partial charge in [0.15, 0.2) is 16.6 Å². The summed E-state index contributed by atoms with van der Waals surface area (Å²) in [5.41, 5.74) is 6.42. The Hall–Kier alpha value is -2.87.